The van der Waals surface area contributed by atoms with Gasteiger partial charge in [-0.25, -0.2) is 5.43 Å². The van der Waals surface area contributed by atoms with Gasteiger partial charge in [0.25, 0.3) is 11.8 Å². The molecule has 25 heavy (non-hydrogen) atoms. The van der Waals surface area contributed by atoms with Gasteiger partial charge in [0.15, 0.2) is 18.1 Å². The van der Waals surface area contributed by atoms with Crippen LogP contribution in [0.15, 0.2) is 40.8 Å². The summed E-state index contributed by atoms with van der Waals surface area (Å²) < 4.78 is 10.7. The number of ether oxygens (including phenoxy) is 2. The third-order valence-electron chi connectivity index (χ3n) is 3.05. The maximum absolute atomic E-state index is 11.8. The fourth-order valence-electron chi connectivity index (χ4n) is 1.90. The van der Waals surface area contributed by atoms with E-state index in [4.69, 9.17) is 9.47 Å². The van der Waals surface area contributed by atoms with Gasteiger partial charge in [-0.15, -0.1) is 11.3 Å². The number of hydrazone groups is 1. The van der Waals surface area contributed by atoms with Crippen molar-refractivity contribution in [2.24, 2.45) is 5.10 Å². The monoisotopic (exact) mass is 361 g/mol. The number of rotatable bonds is 8. The average molecular weight is 361 g/mol. The SMILES string of the molecule is CCNC(=O)COc1ccc(/C=N\NC(=O)c2cccs2)cc1OC. The molecule has 0 aliphatic carbocycles. The van der Waals surface area contributed by atoms with Crippen LogP contribution in [0.25, 0.3) is 0 Å². The highest BCUT2D eigenvalue weighted by Gasteiger charge is 2.08. The summed E-state index contributed by atoms with van der Waals surface area (Å²) in [5.74, 6) is 0.456. The first-order chi connectivity index (χ1) is 12.1. The van der Waals surface area contributed by atoms with Crippen LogP contribution < -0.4 is 20.2 Å². The van der Waals surface area contributed by atoms with Crippen LogP contribution in [-0.4, -0.2) is 38.3 Å². The molecule has 1 heterocycles. The molecule has 0 radical (unpaired) electrons. The lowest BCUT2D eigenvalue weighted by molar-refractivity contribution is -0.123. The number of thiophene rings is 1. The van der Waals surface area contributed by atoms with Crippen LogP contribution in [0.3, 0.4) is 0 Å². The summed E-state index contributed by atoms with van der Waals surface area (Å²) in [6.45, 7) is 2.30. The molecule has 0 aliphatic rings. The number of methoxy groups -OCH3 is 1. The van der Waals surface area contributed by atoms with Gasteiger partial charge in [0, 0.05) is 6.54 Å². The van der Waals surface area contributed by atoms with Crippen molar-refractivity contribution in [1.82, 2.24) is 10.7 Å². The van der Waals surface area contributed by atoms with Crippen LogP contribution in [0.5, 0.6) is 11.5 Å². The molecule has 132 valence electrons. The minimum absolute atomic E-state index is 0.0888. The molecular weight excluding hydrogens is 342 g/mol. The van der Waals surface area contributed by atoms with Gasteiger partial charge < -0.3 is 14.8 Å². The van der Waals surface area contributed by atoms with E-state index in [2.05, 4.69) is 15.8 Å². The molecule has 2 aromatic rings. The average Bonchev–Trinajstić information content (AvgIpc) is 3.15. The molecule has 0 unspecified atom stereocenters. The summed E-state index contributed by atoms with van der Waals surface area (Å²) >= 11 is 1.34. The number of nitrogens with zero attached hydrogens (tertiary/aromatic N) is 1. The van der Waals surface area contributed by atoms with E-state index in [1.165, 1.54) is 24.7 Å². The van der Waals surface area contributed by atoms with E-state index in [1.807, 2.05) is 12.3 Å². The Hall–Kier alpha value is -2.87. The maximum Gasteiger partial charge on any atom is 0.281 e. The second-order valence-electron chi connectivity index (χ2n) is 4.83. The van der Waals surface area contributed by atoms with Crippen molar-refractivity contribution < 1.29 is 19.1 Å². The van der Waals surface area contributed by atoms with Crippen LogP contribution in [-0.2, 0) is 4.79 Å². The highest BCUT2D eigenvalue weighted by molar-refractivity contribution is 7.12. The molecule has 7 nitrogen and oxygen atoms in total. The van der Waals surface area contributed by atoms with E-state index in [1.54, 1.807) is 30.3 Å². The molecule has 0 saturated heterocycles. The summed E-state index contributed by atoms with van der Waals surface area (Å²) in [7, 11) is 1.51. The summed E-state index contributed by atoms with van der Waals surface area (Å²) in [6, 6.07) is 8.65. The summed E-state index contributed by atoms with van der Waals surface area (Å²) in [4.78, 5) is 23.8. The molecule has 0 atom stereocenters. The topological polar surface area (TPSA) is 89.0 Å². The number of amides is 2. The first kappa shape index (κ1) is 18.5. The quantitative estimate of drug-likeness (QED) is 0.556. The molecule has 2 N–H and O–H groups in total. The summed E-state index contributed by atoms with van der Waals surface area (Å²) in [5, 5.41) is 8.39. The van der Waals surface area contributed by atoms with E-state index in [9.17, 15) is 9.59 Å². The number of carbonyl (C=O) groups is 2. The van der Waals surface area contributed by atoms with Crippen LogP contribution in [0.4, 0.5) is 0 Å². The first-order valence-corrected chi connectivity index (χ1v) is 8.46. The van der Waals surface area contributed by atoms with Crippen LogP contribution in [0.1, 0.15) is 22.2 Å². The molecule has 0 saturated carbocycles. The minimum Gasteiger partial charge on any atom is -0.493 e. The van der Waals surface area contributed by atoms with Gasteiger partial charge >= 0.3 is 0 Å². The smallest absolute Gasteiger partial charge is 0.281 e. The van der Waals surface area contributed by atoms with Crippen molar-refractivity contribution >= 4 is 29.4 Å². The van der Waals surface area contributed by atoms with Gasteiger partial charge in [-0.1, -0.05) is 6.07 Å². The molecule has 0 bridgehead atoms. The Labute approximate surface area is 149 Å². The first-order valence-electron chi connectivity index (χ1n) is 7.58. The number of hydrogen-bond acceptors (Lipinski definition) is 6. The number of carbonyl (C=O) groups excluding carboxylic acids is 2. The van der Waals surface area contributed by atoms with Crippen molar-refractivity contribution in [2.45, 2.75) is 6.92 Å². The Morgan fingerprint density at radius 1 is 1.28 bits per heavy atom. The fraction of sp³-hybridized carbons (Fsp3) is 0.235. The zero-order valence-corrected chi connectivity index (χ0v) is 14.8. The Kier molecular flexibility index (Phi) is 6.97. The number of hydrogen-bond donors (Lipinski definition) is 2. The van der Waals surface area contributed by atoms with Gasteiger partial charge in [-0.3, -0.25) is 9.59 Å². The van der Waals surface area contributed by atoms with Gasteiger partial charge in [0.05, 0.1) is 18.2 Å². The molecule has 1 aromatic heterocycles. The Morgan fingerprint density at radius 2 is 2.12 bits per heavy atom. The predicted octanol–water partition coefficient (Wildman–Crippen LogP) is 2.04. The van der Waals surface area contributed by atoms with Crippen LogP contribution in [0, 0.1) is 0 Å². The highest BCUT2D eigenvalue weighted by atomic mass is 32.1. The summed E-state index contributed by atoms with van der Waals surface area (Å²) in [6.07, 6.45) is 1.50. The molecule has 0 spiro atoms. The van der Waals surface area contributed by atoms with Crippen molar-refractivity contribution in [3.8, 4) is 11.5 Å². The van der Waals surface area contributed by atoms with E-state index < -0.39 is 0 Å². The van der Waals surface area contributed by atoms with Gasteiger partial charge in [0.1, 0.15) is 0 Å². The predicted molar refractivity (Wildman–Crippen MR) is 96.6 cm³/mol. The largest absolute Gasteiger partial charge is 0.493 e. The Morgan fingerprint density at radius 3 is 2.80 bits per heavy atom. The minimum atomic E-state index is -0.264. The lowest BCUT2D eigenvalue weighted by atomic mass is 10.2. The van der Waals surface area contributed by atoms with Crippen molar-refractivity contribution in [3.63, 3.8) is 0 Å². The molecule has 2 amide bonds. The highest BCUT2D eigenvalue weighted by Crippen LogP contribution is 2.27. The zero-order chi connectivity index (χ0) is 18.1. The van der Waals surface area contributed by atoms with E-state index in [-0.39, 0.29) is 18.4 Å². The van der Waals surface area contributed by atoms with Gasteiger partial charge in [0.2, 0.25) is 0 Å². The molecule has 8 heteroatoms. The normalized spacial score (nSPS) is 10.5. The lowest BCUT2D eigenvalue weighted by Crippen LogP contribution is -2.28. The van der Waals surface area contributed by atoms with Crippen LogP contribution in [0.2, 0.25) is 0 Å². The standard InChI is InChI=1S/C17H19N3O4S/c1-3-18-16(21)11-24-13-7-6-12(9-14(13)23-2)10-19-20-17(22)15-5-4-8-25-15/h4-10H,3,11H2,1-2H3,(H,18,21)(H,20,22)/b19-10-. The Balaban J connectivity index is 1.96. The lowest BCUT2D eigenvalue weighted by Gasteiger charge is -2.11. The van der Waals surface area contributed by atoms with Crippen molar-refractivity contribution in [1.29, 1.82) is 0 Å². The third-order valence-corrected chi connectivity index (χ3v) is 3.91. The van der Waals surface area contributed by atoms with Crippen molar-refractivity contribution in [3.05, 3.63) is 46.2 Å². The van der Waals surface area contributed by atoms with E-state index >= 15 is 0 Å². The second-order valence-corrected chi connectivity index (χ2v) is 5.78. The van der Waals surface area contributed by atoms with Crippen molar-refractivity contribution in [2.75, 3.05) is 20.3 Å². The zero-order valence-electron chi connectivity index (χ0n) is 13.9. The maximum atomic E-state index is 11.8. The van der Waals surface area contributed by atoms with Crippen LogP contribution >= 0.6 is 11.3 Å². The Bertz CT molecular complexity index is 744. The number of benzene rings is 1. The number of nitrogens with one attached hydrogen (secondary N) is 2. The van der Waals surface area contributed by atoms with E-state index in [0.29, 0.717) is 28.5 Å². The van der Waals surface area contributed by atoms with E-state index in [0.717, 1.165) is 0 Å². The summed E-state index contributed by atoms with van der Waals surface area (Å²) in [5.41, 5.74) is 3.17. The molecule has 2 rings (SSSR count). The molecule has 0 fully saturated rings. The molecule has 1 aromatic carbocycles. The van der Waals surface area contributed by atoms with Gasteiger partial charge in [-0.2, -0.15) is 5.10 Å². The molecule has 0 aliphatic heterocycles. The number of likely N-dealkylation sites (N-methyl/N-ethyl adjacent to an activating group) is 1. The molecular formula is C17H19N3O4S. The third kappa shape index (κ3) is 5.61. The fourth-order valence-corrected chi connectivity index (χ4v) is 2.52. The van der Waals surface area contributed by atoms with Gasteiger partial charge in [-0.05, 0) is 42.1 Å². The second kappa shape index (κ2) is 9.43.